The summed E-state index contributed by atoms with van der Waals surface area (Å²) < 4.78 is 5.82. The Morgan fingerprint density at radius 3 is 2.69 bits per heavy atom. The first-order valence-corrected chi connectivity index (χ1v) is 8.23. The molecule has 1 unspecified atom stereocenters. The van der Waals surface area contributed by atoms with Crippen LogP contribution in [-0.2, 0) is 0 Å². The van der Waals surface area contributed by atoms with Gasteiger partial charge in [-0.2, -0.15) is 0 Å². The molecule has 0 saturated carbocycles. The zero-order valence-electron chi connectivity index (χ0n) is 14.1. The van der Waals surface area contributed by atoms with Gasteiger partial charge in [0.05, 0.1) is 16.5 Å². The summed E-state index contributed by atoms with van der Waals surface area (Å²) in [4.78, 5) is 22.5. The van der Waals surface area contributed by atoms with Gasteiger partial charge in [-0.3, -0.25) is 14.9 Å². The average Bonchev–Trinajstić information content (AvgIpc) is 3.04. The van der Waals surface area contributed by atoms with Crippen LogP contribution >= 0.6 is 11.6 Å². The van der Waals surface area contributed by atoms with E-state index in [4.69, 9.17) is 16.0 Å². The fourth-order valence-electron chi connectivity index (χ4n) is 2.65. The standard InChI is InChI=1S/C18H16ClN3O4/c1-10(17-8-11-7-12(19)3-6-16(11)26-17)21-15-5-4-13(22(24)25)9-14(15)18(23)20-2/h3-10,21H,1-2H3,(H,20,23). The number of hydrogen-bond donors (Lipinski definition) is 2. The van der Waals surface area contributed by atoms with Crippen LogP contribution in [0.2, 0.25) is 5.02 Å². The number of nitro groups is 1. The summed E-state index contributed by atoms with van der Waals surface area (Å²) in [6.07, 6.45) is 0. The predicted octanol–water partition coefficient (Wildman–Crippen LogP) is 4.53. The van der Waals surface area contributed by atoms with Gasteiger partial charge in [-0.05, 0) is 37.3 Å². The van der Waals surface area contributed by atoms with E-state index in [0.29, 0.717) is 22.1 Å². The molecule has 0 fully saturated rings. The third kappa shape index (κ3) is 3.48. The molecule has 7 nitrogen and oxygen atoms in total. The lowest BCUT2D eigenvalue weighted by molar-refractivity contribution is -0.384. The number of halogens is 1. The molecule has 0 bridgehead atoms. The van der Waals surface area contributed by atoms with Crippen molar-refractivity contribution >= 4 is 39.9 Å². The van der Waals surface area contributed by atoms with E-state index in [1.165, 1.54) is 25.2 Å². The molecule has 1 aromatic heterocycles. The summed E-state index contributed by atoms with van der Waals surface area (Å²) in [5, 5.41) is 18.1. The van der Waals surface area contributed by atoms with Gasteiger partial charge in [0, 0.05) is 35.3 Å². The summed E-state index contributed by atoms with van der Waals surface area (Å²) in [6.45, 7) is 1.87. The second-order valence-corrected chi connectivity index (χ2v) is 6.20. The number of benzene rings is 2. The summed E-state index contributed by atoms with van der Waals surface area (Å²) in [5.74, 6) is 0.239. The number of furan rings is 1. The van der Waals surface area contributed by atoms with Crippen molar-refractivity contribution in [3.63, 3.8) is 0 Å². The van der Waals surface area contributed by atoms with Crippen LogP contribution in [0, 0.1) is 10.1 Å². The number of rotatable bonds is 5. The van der Waals surface area contributed by atoms with E-state index in [9.17, 15) is 14.9 Å². The Morgan fingerprint density at radius 1 is 1.23 bits per heavy atom. The molecular weight excluding hydrogens is 358 g/mol. The van der Waals surface area contributed by atoms with Crippen LogP contribution in [0.4, 0.5) is 11.4 Å². The summed E-state index contributed by atoms with van der Waals surface area (Å²) >= 11 is 5.99. The van der Waals surface area contributed by atoms with Gasteiger partial charge in [0.25, 0.3) is 11.6 Å². The number of anilines is 1. The molecule has 2 aromatic carbocycles. The van der Waals surface area contributed by atoms with Crippen LogP contribution in [0.25, 0.3) is 11.0 Å². The maximum Gasteiger partial charge on any atom is 0.270 e. The minimum Gasteiger partial charge on any atom is -0.459 e. The van der Waals surface area contributed by atoms with Gasteiger partial charge in [-0.25, -0.2) is 0 Å². The second-order valence-electron chi connectivity index (χ2n) is 5.76. The second kappa shape index (κ2) is 7.05. The van der Waals surface area contributed by atoms with Gasteiger partial charge in [-0.1, -0.05) is 11.6 Å². The Bertz CT molecular complexity index is 999. The summed E-state index contributed by atoms with van der Waals surface area (Å²) in [6, 6.07) is 11.0. The highest BCUT2D eigenvalue weighted by molar-refractivity contribution is 6.31. The number of carbonyl (C=O) groups excluding carboxylic acids is 1. The molecule has 1 atom stereocenters. The van der Waals surface area contributed by atoms with E-state index in [1.807, 2.05) is 13.0 Å². The molecule has 0 aliphatic heterocycles. The van der Waals surface area contributed by atoms with E-state index in [0.717, 1.165) is 5.39 Å². The first-order valence-electron chi connectivity index (χ1n) is 7.85. The first-order chi connectivity index (χ1) is 12.4. The van der Waals surface area contributed by atoms with Crippen molar-refractivity contribution in [3.05, 3.63) is 68.9 Å². The monoisotopic (exact) mass is 373 g/mol. The fourth-order valence-corrected chi connectivity index (χ4v) is 2.83. The number of non-ortho nitro benzene ring substituents is 1. The fraction of sp³-hybridized carbons (Fsp3) is 0.167. The van der Waals surface area contributed by atoms with Gasteiger partial charge in [-0.15, -0.1) is 0 Å². The Labute approximate surface area is 154 Å². The number of fused-ring (bicyclic) bond motifs is 1. The van der Waals surface area contributed by atoms with E-state index in [1.54, 1.807) is 18.2 Å². The normalized spacial score (nSPS) is 12.0. The molecule has 8 heteroatoms. The van der Waals surface area contributed by atoms with Gasteiger partial charge >= 0.3 is 0 Å². The lowest BCUT2D eigenvalue weighted by Gasteiger charge is -2.15. The lowest BCUT2D eigenvalue weighted by Crippen LogP contribution is -2.20. The molecule has 0 spiro atoms. The van der Waals surface area contributed by atoms with Gasteiger partial charge in [0.15, 0.2) is 0 Å². The van der Waals surface area contributed by atoms with Gasteiger partial charge < -0.3 is 15.1 Å². The van der Waals surface area contributed by atoms with Gasteiger partial charge in [0.2, 0.25) is 0 Å². The van der Waals surface area contributed by atoms with Crippen molar-refractivity contribution < 1.29 is 14.1 Å². The van der Waals surface area contributed by atoms with Crippen molar-refractivity contribution in [2.24, 2.45) is 0 Å². The van der Waals surface area contributed by atoms with Crippen molar-refractivity contribution in [3.8, 4) is 0 Å². The molecule has 134 valence electrons. The number of nitro benzene ring substituents is 1. The quantitative estimate of drug-likeness (QED) is 0.506. The Kier molecular flexibility index (Phi) is 4.81. The van der Waals surface area contributed by atoms with Gasteiger partial charge in [0.1, 0.15) is 11.3 Å². The highest BCUT2D eigenvalue weighted by Gasteiger charge is 2.19. The predicted molar refractivity (Wildman–Crippen MR) is 99.7 cm³/mol. The van der Waals surface area contributed by atoms with Crippen LogP contribution < -0.4 is 10.6 Å². The van der Waals surface area contributed by atoms with Crippen molar-refractivity contribution in [2.75, 3.05) is 12.4 Å². The van der Waals surface area contributed by atoms with E-state index < -0.39 is 10.8 Å². The zero-order valence-corrected chi connectivity index (χ0v) is 14.8. The molecule has 3 aromatic rings. The molecule has 2 N–H and O–H groups in total. The smallest absolute Gasteiger partial charge is 0.270 e. The Hall–Kier alpha value is -3.06. The molecule has 1 amide bonds. The SMILES string of the molecule is CNC(=O)c1cc([N+](=O)[O-])ccc1NC(C)c1cc2cc(Cl)ccc2o1. The number of amides is 1. The first kappa shape index (κ1) is 17.8. The lowest BCUT2D eigenvalue weighted by atomic mass is 10.1. The molecule has 3 rings (SSSR count). The molecular formula is C18H16ClN3O4. The summed E-state index contributed by atoms with van der Waals surface area (Å²) in [7, 11) is 1.47. The van der Waals surface area contributed by atoms with Crippen LogP contribution in [0.15, 0.2) is 46.9 Å². The largest absolute Gasteiger partial charge is 0.459 e. The maximum absolute atomic E-state index is 12.1. The van der Waals surface area contributed by atoms with E-state index in [-0.39, 0.29) is 17.3 Å². The zero-order chi connectivity index (χ0) is 18.8. The van der Waals surface area contributed by atoms with Crippen LogP contribution in [0.1, 0.15) is 29.1 Å². The van der Waals surface area contributed by atoms with Crippen molar-refractivity contribution in [1.82, 2.24) is 5.32 Å². The molecule has 0 saturated heterocycles. The Balaban J connectivity index is 1.93. The highest BCUT2D eigenvalue weighted by atomic mass is 35.5. The Morgan fingerprint density at radius 2 is 2.00 bits per heavy atom. The molecule has 0 aliphatic rings. The molecule has 26 heavy (non-hydrogen) atoms. The van der Waals surface area contributed by atoms with Crippen LogP contribution in [0.5, 0.6) is 0 Å². The highest BCUT2D eigenvalue weighted by Crippen LogP contribution is 2.30. The van der Waals surface area contributed by atoms with Crippen LogP contribution in [-0.4, -0.2) is 17.9 Å². The minimum atomic E-state index is -0.539. The molecule has 0 aliphatic carbocycles. The number of carbonyl (C=O) groups is 1. The third-order valence-electron chi connectivity index (χ3n) is 3.98. The van der Waals surface area contributed by atoms with E-state index >= 15 is 0 Å². The van der Waals surface area contributed by atoms with Crippen molar-refractivity contribution in [1.29, 1.82) is 0 Å². The number of hydrogen-bond acceptors (Lipinski definition) is 5. The topological polar surface area (TPSA) is 97.4 Å². The minimum absolute atomic E-state index is 0.153. The molecule has 0 radical (unpaired) electrons. The molecule has 1 heterocycles. The average molecular weight is 374 g/mol. The summed E-state index contributed by atoms with van der Waals surface area (Å²) in [5.41, 5.74) is 1.21. The maximum atomic E-state index is 12.1. The number of nitrogens with zero attached hydrogens (tertiary/aromatic N) is 1. The van der Waals surface area contributed by atoms with Crippen LogP contribution in [0.3, 0.4) is 0 Å². The number of nitrogens with one attached hydrogen (secondary N) is 2. The van der Waals surface area contributed by atoms with Crippen molar-refractivity contribution in [2.45, 2.75) is 13.0 Å². The third-order valence-corrected chi connectivity index (χ3v) is 4.22. The van der Waals surface area contributed by atoms with E-state index in [2.05, 4.69) is 10.6 Å².